The van der Waals surface area contributed by atoms with E-state index in [1.54, 1.807) is 12.1 Å². The minimum atomic E-state index is -0.367. The number of halogens is 2. The summed E-state index contributed by atoms with van der Waals surface area (Å²) in [5.74, 6) is -0.367. The summed E-state index contributed by atoms with van der Waals surface area (Å²) in [7, 11) is 0. The van der Waals surface area contributed by atoms with Gasteiger partial charge in [0.25, 0.3) is 0 Å². The highest BCUT2D eigenvalue weighted by Crippen LogP contribution is 2.27. The SMILES string of the molecule is CC(CN1CCOCC1)Nc1ccc(C(N)=S)c(Br)c1F. The zero-order chi connectivity index (χ0) is 15.4. The molecule has 0 radical (unpaired) electrons. The third-order valence-corrected chi connectivity index (χ3v) is 4.38. The Balaban J connectivity index is 2.01. The summed E-state index contributed by atoms with van der Waals surface area (Å²) in [4.78, 5) is 2.48. The summed E-state index contributed by atoms with van der Waals surface area (Å²) < 4.78 is 19.9. The van der Waals surface area contributed by atoms with E-state index < -0.39 is 0 Å². The Bertz CT molecular complexity index is 523. The number of morpholine rings is 1. The first-order chi connectivity index (χ1) is 9.99. The maximum Gasteiger partial charge on any atom is 0.161 e. The van der Waals surface area contributed by atoms with Gasteiger partial charge in [-0.25, -0.2) is 4.39 Å². The monoisotopic (exact) mass is 375 g/mol. The standard InChI is InChI=1S/C14H19BrFN3OS/c1-9(8-19-4-6-20-7-5-19)18-11-3-2-10(14(17)21)12(15)13(11)16/h2-3,9,18H,4-8H2,1H3,(H2,17,21). The summed E-state index contributed by atoms with van der Waals surface area (Å²) >= 11 is 8.10. The second kappa shape index (κ2) is 7.49. The minimum Gasteiger partial charge on any atom is -0.389 e. The van der Waals surface area contributed by atoms with Crippen molar-refractivity contribution in [2.24, 2.45) is 5.73 Å². The van der Waals surface area contributed by atoms with Crippen LogP contribution in [-0.4, -0.2) is 48.8 Å². The lowest BCUT2D eigenvalue weighted by Crippen LogP contribution is -2.42. The summed E-state index contributed by atoms with van der Waals surface area (Å²) in [5, 5.41) is 3.19. The number of ether oxygens (including phenoxy) is 1. The molecular weight excluding hydrogens is 357 g/mol. The van der Waals surface area contributed by atoms with Crippen LogP contribution in [0.25, 0.3) is 0 Å². The average molecular weight is 376 g/mol. The Hall–Kier alpha value is -0.760. The van der Waals surface area contributed by atoms with E-state index in [2.05, 4.69) is 26.1 Å². The van der Waals surface area contributed by atoms with Crippen molar-refractivity contribution in [1.29, 1.82) is 0 Å². The molecule has 0 aromatic heterocycles. The van der Waals surface area contributed by atoms with Crippen LogP contribution in [0.4, 0.5) is 10.1 Å². The third kappa shape index (κ3) is 4.35. The fourth-order valence-electron chi connectivity index (χ4n) is 2.33. The van der Waals surface area contributed by atoms with Gasteiger partial charge in [-0.3, -0.25) is 4.90 Å². The molecule has 1 saturated heterocycles. The Labute approximate surface area is 138 Å². The Morgan fingerprint density at radius 1 is 1.52 bits per heavy atom. The quantitative estimate of drug-likeness (QED) is 0.773. The van der Waals surface area contributed by atoms with E-state index in [9.17, 15) is 4.39 Å². The minimum absolute atomic E-state index is 0.125. The molecule has 116 valence electrons. The number of nitrogens with zero attached hydrogens (tertiary/aromatic N) is 1. The van der Waals surface area contributed by atoms with Crippen LogP contribution in [0.1, 0.15) is 12.5 Å². The number of hydrogen-bond acceptors (Lipinski definition) is 4. The van der Waals surface area contributed by atoms with Crippen LogP contribution in [0.2, 0.25) is 0 Å². The largest absolute Gasteiger partial charge is 0.389 e. The van der Waals surface area contributed by atoms with Crippen molar-refractivity contribution < 1.29 is 9.13 Å². The maximum absolute atomic E-state index is 14.3. The summed E-state index contributed by atoms with van der Waals surface area (Å²) in [6, 6.07) is 3.52. The highest BCUT2D eigenvalue weighted by Gasteiger charge is 2.17. The molecule has 21 heavy (non-hydrogen) atoms. The molecule has 4 nitrogen and oxygen atoms in total. The predicted molar refractivity (Wildman–Crippen MR) is 90.3 cm³/mol. The number of nitrogens with two attached hydrogens (primary N) is 1. The van der Waals surface area contributed by atoms with Gasteiger partial charge in [-0.15, -0.1) is 0 Å². The molecule has 1 aliphatic heterocycles. The molecule has 1 aliphatic rings. The fourth-order valence-corrected chi connectivity index (χ4v) is 3.19. The van der Waals surface area contributed by atoms with Gasteiger partial charge < -0.3 is 15.8 Å². The molecule has 1 unspecified atom stereocenters. The zero-order valence-electron chi connectivity index (χ0n) is 11.9. The Morgan fingerprint density at radius 3 is 2.81 bits per heavy atom. The van der Waals surface area contributed by atoms with Crippen LogP contribution in [0.5, 0.6) is 0 Å². The van der Waals surface area contributed by atoms with Crippen molar-refractivity contribution in [3.63, 3.8) is 0 Å². The van der Waals surface area contributed by atoms with Gasteiger partial charge in [-0.05, 0) is 35.0 Å². The first-order valence-electron chi connectivity index (χ1n) is 6.83. The van der Waals surface area contributed by atoms with E-state index in [0.717, 1.165) is 32.8 Å². The van der Waals surface area contributed by atoms with Gasteiger partial charge in [-0.2, -0.15) is 0 Å². The molecule has 3 N–H and O–H groups in total. The number of nitrogens with one attached hydrogen (secondary N) is 1. The third-order valence-electron chi connectivity index (χ3n) is 3.39. The van der Waals surface area contributed by atoms with Crippen molar-refractivity contribution in [3.05, 3.63) is 28.0 Å². The molecule has 1 fully saturated rings. The highest BCUT2D eigenvalue weighted by atomic mass is 79.9. The van der Waals surface area contributed by atoms with E-state index in [1.165, 1.54) is 0 Å². The first-order valence-corrected chi connectivity index (χ1v) is 8.03. The van der Waals surface area contributed by atoms with Gasteiger partial charge in [0, 0.05) is 31.2 Å². The van der Waals surface area contributed by atoms with E-state index in [1.807, 2.05) is 6.92 Å². The number of benzene rings is 1. The van der Waals surface area contributed by atoms with Gasteiger partial charge in [-0.1, -0.05) is 12.2 Å². The van der Waals surface area contributed by atoms with Crippen LogP contribution < -0.4 is 11.1 Å². The van der Waals surface area contributed by atoms with E-state index in [4.69, 9.17) is 22.7 Å². The van der Waals surface area contributed by atoms with Gasteiger partial charge in [0.05, 0.1) is 23.4 Å². The molecule has 7 heteroatoms. The first kappa shape index (κ1) is 16.6. The smallest absolute Gasteiger partial charge is 0.161 e. The van der Waals surface area contributed by atoms with Crippen LogP contribution in [0.15, 0.2) is 16.6 Å². The average Bonchev–Trinajstić information content (AvgIpc) is 2.44. The van der Waals surface area contributed by atoms with Crippen LogP contribution >= 0.6 is 28.1 Å². The molecule has 0 aliphatic carbocycles. The normalized spacial score (nSPS) is 17.5. The van der Waals surface area contributed by atoms with Gasteiger partial charge in [0.15, 0.2) is 5.82 Å². The lowest BCUT2D eigenvalue weighted by Gasteiger charge is -2.29. The van der Waals surface area contributed by atoms with Crippen molar-refractivity contribution in [1.82, 2.24) is 4.90 Å². The van der Waals surface area contributed by atoms with Crippen LogP contribution in [0.3, 0.4) is 0 Å². The lowest BCUT2D eigenvalue weighted by molar-refractivity contribution is 0.0368. The molecule has 2 rings (SSSR count). The van der Waals surface area contributed by atoms with Gasteiger partial charge >= 0.3 is 0 Å². The van der Waals surface area contributed by atoms with Crippen LogP contribution in [0, 0.1) is 5.82 Å². The van der Waals surface area contributed by atoms with Gasteiger partial charge in [0.2, 0.25) is 0 Å². The topological polar surface area (TPSA) is 50.5 Å². The number of hydrogen-bond donors (Lipinski definition) is 2. The van der Waals surface area contributed by atoms with Crippen molar-refractivity contribution >= 4 is 38.8 Å². The highest BCUT2D eigenvalue weighted by molar-refractivity contribution is 9.10. The van der Waals surface area contributed by atoms with E-state index in [0.29, 0.717) is 15.7 Å². The molecule has 0 bridgehead atoms. The summed E-state index contributed by atoms with van der Waals surface area (Å²) in [5.41, 5.74) is 6.51. The van der Waals surface area contributed by atoms with E-state index in [-0.39, 0.29) is 16.8 Å². The number of thiocarbonyl (C=S) groups is 1. The molecule has 1 aromatic rings. The molecule has 0 saturated carbocycles. The summed E-state index contributed by atoms with van der Waals surface area (Å²) in [6.45, 7) is 6.23. The second-order valence-electron chi connectivity index (χ2n) is 5.11. The molecule has 0 spiro atoms. The Morgan fingerprint density at radius 2 is 2.19 bits per heavy atom. The second-order valence-corrected chi connectivity index (χ2v) is 6.34. The van der Waals surface area contributed by atoms with E-state index >= 15 is 0 Å². The maximum atomic E-state index is 14.3. The molecule has 1 atom stereocenters. The van der Waals surface area contributed by atoms with Crippen molar-refractivity contribution in [2.45, 2.75) is 13.0 Å². The number of anilines is 1. The molecule has 0 amide bonds. The Kier molecular flexibility index (Phi) is 5.92. The molecule has 1 aromatic carbocycles. The number of rotatable bonds is 5. The molecular formula is C14H19BrFN3OS. The lowest BCUT2D eigenvalue weighted by atomic mass is 10.1. The zero-order valence-corrected chi connectivity index (χ0v) is 14.3. The van der Waals surface area contributed by atoms with Crippen molar-refractivity contribution in [2.75, 3.05) is 38.2 Å². The summed E-state index contributed by atoms with van der Waals surface area (Å²) in [6.07, 6.45) is 0. The van der Waals surface area contributed by atoms with Crippen molar-refractivity contribution in [3.8, 4) is 0 Å². The van der Waals surface area contributed by atoms with Gasteiger partial charge in [0.1, 0.15) is 4.99 Å². The molecule has 1 heterocycles. The predicted octanol–water partition coefficient (Wildman–Crippen LogP) is 2.35. The van der Waals surface area contributed by atoms with Crippen LogP contribution in [-0.2, 0) is 4.74 Å². The fraction of sp³-hybridized carbons (Fsp3) is 0.500.